The van der Waals surface area contributed by atoms with Crippen molar-refractivity contribution in [3.63, 3.8) is 0 Å². The summed E-state index contributed by atoms with van der Waals surface area (Å²) >= 11 is 0. The van der Waals surface area contributed by atoms with E-state index in [4.69, 9.17) is 5.73 Å². The SMILES string of the molecule is CC(N)c1nc2ccc(F)cn2c(=O)c1-c1cccc(F)c1. The first kappa shape index (κ1) is 14.3. The van der Waals surface area contributed by atoms with Crippen molar-refractivity contribution < 1.29 is 8.78 Å². The molecule has 4 nitrogen and oxygen atoms in total. The Morgan fingerprint density at radius 1 is 1.18 bits per heavy atom. The second kappa shape index (κ2) is 5.31. The molecule has 112 valence electrons. The molecule has 1 aromatic carbocycles. The van der Waals surface area contributed by atoms with E-state index < -0.39 is 23.2 Å². The van der Waals surface area contributed by atoms with Crippen molar-refractivity contribution in [1.82, 2.24) is 9.38 Å². The minimum Gasteiger partial charge on any atom is -0.323 e. The molecular formula is C16H13F2N3O. The zero-order valence-corrected chi connectivity index (χ0v) is 11.8. The van der Waals surface area contributed by atoms with Gasteiger partial charge in [0.05, 0.1) is 11.3 Å². The summed E-state index contributed by atoms with van der Waals surface area (Å²) in [5, 5.41) is 0. The highest BCUT2D eigenvalue weighted by Crippen LogP contribution is 2.24. The topological polar surface area (TPSA) is 60.4 Å². The number of aromatic nitrogens is 2. The van der Waals surface area contributed by atoms with Crippen molar-refractivity contribution in [3.8, 4) is 11.1 Å². The van der Waals surface area contributed by atoms with Gasteiger partial charge in [0.15, 0.2) is 0 Å². The largest absolute Gasteiger partial charge is 0.323 e. The fourth-order valence-corrected chi connectivity index (χ4v) is 2.37. The Balaban J connectivity index is 2.43. The van der Waals surface area contributed by atoms with Gasteiger partial charge >= 0.3 is 0 Å². The lowest BCUT2D eigenvalue weighted by atomic mass is 10.0. The fourth-order valence-electron chi connectivity index (χ4n) is 2.37. The molecule has 0 bridgehead atoms. The van der Waals surface area contributed by atoms with E-state index in [2.05, 4.69) is 4.98 Å². The highest BCUT2D eigenvalue weighted by Gasteiger charge is 2.18. The molecule has 22 heavy (non-hydrogen) atoms. The summed E-state index contributed by atoms with van der Waals surface area (Å²) in [7, 11) is 0. The molecule has 0 aliphatic carbocycles. The van der Waals surface area contributed by atoms with Crippen LogP contribution in [0, 0.1) is 11.6 Å². The molecule has 0 saturated heterocycles. The van der Waals surface area contributed by atoms with Crippen molar-refractivity contribution in [2.45, 2.75) is 13.0 Å². The van der Waals surface area contributed by atoms with Gasteiger partial charge in [-0.05, 0) is 36.8 Å². The molecule has 1 unspecified atom stereocenters. The maximum atomic E-state index is 13.5. The molecule has 0 radical (unpaired) electrons. The summed E-state index contributed by atoms with van der Waals surface area (Å²) < 4.78 is 28.0. The van der Waals surface area contributed by atoms with Crippen molar-refractivity contribution in [2.75, 3.05) is 0 Å². The Hall–Kier alpha value is -2.60. The Labute approximate surface area is 124 Å². The number of rotatable bonds is 2. The molecule has 0 saturated carbocycles. The molecule has 2 N–H and O–H groups in total. The zero-order chi connectivity index (χ0) is 15.9. The van der Waals surface area contributed by atoms with Crippen LogP contribution in [-0.2, 0) is 0 Å². The molecule has 0 fully saturated rings. The van der Waals surface area contributed by atoms with Crippen LogP contribution < -0.4 is 11.3 Å². The molecule has 1 atom stereocenters. The summed E-state index contributed by atoms with van der Waals surface area (Å²) in [4.78, 5) is 17.0. The van der Waals surface area contributed by atoms with E-state index in [0.29, 0.717) is 16.9 Å². The molecule has 2 heterocycles. The van der Waals surface area contributed by atoms with Crippen molar-refractivity contribution >= 4 is 5.65 Å². The van der Waals surface area contributed by atoms with E-state index in [9.17, 15) is 13.6 Å². The molecule has 2 aromatic heterocycles. The number of nitrogens with two attached hydrogens (primary N) is 1. The maximum Gasteiger partial charge on any atom is 0.266 e. The van der Waals surface area contributed by atoms with Crippen LogP contribution in [-0.4, -0.2) is 9.38 Å². The maximum absolute atomic E-state index is 13.5. The Kier molecular flexibility index (Phi) is 3.46. The van der Waals surface area contributed by atoms with Gasteiger partial charge in [-0.2, -0.15) is 0 Å². The minimum absolute atomic E-state index is 0.178. The van der Waals surface area contributed by atoms with E-state index in [0.717, 1.165) is 10.6 Å². The van der Waals surface area contributed by atoms with Crippen molar-refractivity contribution in [3.05, 3.63) is 70.3 Å². The van der Waals surface area contributed by atoms with E-state index in [-0.39, 0.29) is 5.56 Å². The van der Waals surface area contributed by atoms with E-state index in [1.165, 1.54) is 30.3 Å². The zero-order valence-electron chi connectivity index (χ0n) is 11.8. The number of fused-ring (bicyclic) bond motifs is 1. The lowest BCUT2D eigenvalue weighted by Gasteiger charge is -2.13. The van der Waals surface area contributed by atoms with Crippen molar-refractivity contribution in [2.24, 2.45) is 5.73 Å². The molecule has 6 heteroatoms. The number of hydrogen-bond donors (Lipinski definition) is 1. The fraction of sp³-hybridized carbons (Fsp3) is 0.125. The molecule has 0 spiro atoms. The Morgan fingerprint density at radius 3 is 2.64 bits per heavy atom. The average Bonchev–Trinajstić information content (AvgIpc) is 2.47. The van der Waals surface area contributed by atoms with Gasteiger partial charge < -0.3 is 5.73 Å². The third-order valence-electron chi connectivity index (χ3n) is 3.36. The lowest BCUT2D eigenvalue weighted by Crippen LogP contribution is -2.23. The molecule has 0 aliphatic heterocycles. The summed E-state index contributed by atoms with van der Waals surface area (Å²) in [5.74, 6) is -1.04. The molecule has 3 rings (SSSR count). The van der Waals surface area contributed by atoms with Crippen LogP contribution in [0.1, 0.15) is 18.7 Å². The summed E-state index contributed by atoms with van der Waals surface area (Å²) in [6.45, 7) is 1.69. The Morgan fingerprint density at radius 2 is 1.95 bits per heavy atom. The smallest absolute Gasteiger partial charge is 0.266 e. The third-order valence-corrected chi connectivity index (χ3v) is 3.36. The highest BCUT2D eigenvalue weighted by molar-refractivity contribution is 5.67. The van der Waals surface area contributed by atoms with Gasteiger partial charge in [0.25, 0.3) is 5.56 Å². The molecular weight excluding hydrogens is 288 g/mol. The first-order valence-electron chi connectivity index (χ1n) is 6.70. The number of nitrogens with zero attached hydrogens (tertiary/aromatic N) is 2. The molecule has 0 aliphatic rings. The van der Waals surface area contributed by atoms with Crippen LogP contribution >= 0.6 is 0 Å². The average molecular weight is 301 g/mol. The van der Waals surface area contributed by atoms with E-state index in [1.807, 2.05) is 0 Å². The number of halogens is 2. The second-order valence-corrected chi connectivity index (χ2v) is 5.05. The number of benzene rings is 1. The predicted molar refractivity (Wildman–Crippen MR) is 79.4 cm³/mol. The summed E-state index contributed by atoms with van der Waals surface area (Å²) in [5.41, 5.74) is 6.60. The minimum atomic E-state index is -0.560. The first-order valence-corrected chi connectivity index (χ1v) is 6.70. The molecule has 3 aromatic rings. The quantitative estimate of drug-likeness (QED) is 0.791. The summed E-state index contributed by atoms with van der Waals surface area (Å²) in [6.07, 6.45) is 1.05. The van der Waals surface area contributed by atoms with Gasteiger partial charge in [0, 0.05) is 12.2 Å². The normalized spacial score (nSPS) is 12.5. The summed E-state index contributed by atoms with van der Waals surface area (Å²) in [6, 6.07) is 7.69. The van der Waals surface area contributed by atoms with Crippen LogP contribution in [0.15, 0.2) is 47.4 Å². The van der Waals surface area contributed by atoms with Gasteiger partial charge in [-0.15, -0.1) is 0 Å². The van der Waals surface area contributed by atoms with Gasteiger partial charge in [0.1, 0.15) is 17.3 Å². The lowest BCUT2D eigenvalue weighted by molar-refractivity contribution is 0.616. The van der Waals surface area contributed by atoms with E-state index in [1.54, 1.807) is 13.0 Å². The highest BCUT2D eigenvalue weighted by atomic mass is 19.1. The van der Waals surface area contributed by atoms with Crippen LogP contribution in [0.2, 0.25) is 0 Å². The van der Waals surface area contributed by atoms with Crippen LogP contribution in [0.3, 0.4) is 0 Å². The third kappa shape index (κ3) is 2.37. The van der Waals surface area contributed by atoms with Crippen LogP contribution in [0.25, 0.3) is 16.8 Å². The first-order chi connectivity index (χ1) is 10.5. The standard InChI is InChI=1S/C16H13F2N3O/c1-9(19)15-14(10-3-2-4-11(17)7-10)16(22)21-8-12(18)5-6-13(21)20-15/h2-9H,19H2,1H3. The van der Waals surface area contributed by atoms with E-state index >= 15 is 0 Å². The van der Waals surface area contributed by atoms with Crippen LogP contribution in [0.5, 0.6) is 0 Å². The molecule has 0 amide bonds. The monoisotopic (exact) mass is 301 g/mol. The van der Waals surface area contributed by atoms with Crippen molar-refractivity contribution in [1.29, 1.82) is 0 Å². The number of hydrogen-bond acceptors (Lipinski definition) is 3. The van der Waals surface area contributed by atoms with Crippen LogP contribution in [0.4, 0.5) is 8.78 Å². The second-order valence-electron chi connectivity index (χ2n) is 5.05. The van der Waals surface area contributed by atoms with Gasteiger partial charge in [-0.3, -0.25) is 9.20 Å². The number of pyridine rings is 1. The van der Waals surface area contributed by atoms with Gasteiger partial charge in [-0.25, -0.2) is 13.8 Å². The predicted octanol–water partition coefficient (Wildman–Crippen LogP) is 2.66. The van der Waals surface area contributed by atoms with Gasteiger partial charge in [0.2, 0.25) is 0 Å². The Bertz CT molecular complexity index is 919. The van der Waals surface area contributed by atoms with Gasteiger partial charge in [-0.1, -0.05) is 12.1 Å².